The van der Waals surface area contributed by atoms with Gasteiger partial charge in [0.1, 0.15) is 52.3 Å². The predicted molar refractivity (Wildman–Crippen MR) is 473 cm³/mol. The van der Waals surface area contributed by atoms with Gasteiger partial charge >= 0.3 is 12.5 Å². The number of alkyl halides is 1. The molecule has 680 valence electrons. The summed E-state index contributed by atoms with van der Waals surface area (Å²) in [6, 6.07) is 20.2. The van der Waals surface area contributed by atoms with E-state index < -0.39 is 66.5 Å². The van der Waals surface area contributed by atoms with Gasteiger partial charge in [0.05, 0.1) is 124 Å². The van der Waals surface area contributed by atoms with Crippen LogP contribution in [-0.4, -0.2) is 228 Å². The standard InChI is InChI=1S/C45H48N10O8.C26H26N6O4.C19H24N4O6.CH3F/c1-5-54-35(22-31(52-54)26-11-12-26)48-42-39-29-20-23(2)28(37-24(3)53-63-25(37)4)21-32(29)47-41(39)50-40(51-42)34(56)10-7-16-61-18-19-62-17-15-46-30-9-6-8-27-38(30)45(60)55(44(27)59)33-13-14-36(57)49-43(33)58;1-5-32-16(8-19(30-32)15-6-7-15)9-21-24-17-11-22(34-4)18(23-13(2)31-36-14(23)3)10-20(17)27-25(24)29-26(28-21)35-12-33;20-6-8-28-10-11-29-9-7-21-13-3-1-2-12-16(13)19(27)23(18(12)26)14-4-5-15(24)22-17(14)25;1-2/h6,8-9,20-22,26,33,46H,5,7,10-19H2,1-4H3,(H,49,57,58)(H2,47,48,50,51);8,10-12,15H,5-7,9H2,1-4H3,(H,27,28,29);1-3,14,21H,4-11,20H2,(H,22,24,25);1H3/i;;;1D. The normalized spacial score (nSPS) is 16.0. The lowest BCUT2D eigenvalue weighted by Gasteiger charge is -2.27. The van der Waals surface area contributed by atoms with Gasteiger partial charge in [0.25, 0.3) is 23.6 Å². The molecule has 130 heavy (non-hydrogen) atoms. The van der Waals surface area contributed by atoms with E-state index in [0.29, 0.717) is 144 Å². The fourth-order valence-electron chi connectivity index (χ4n) is 16.8. The van der Waals surface area contributed by atoms with Crippen molar-refractivity contribution in [3.63, 3.8) is 0 Å². The summed E-state index contributed by atoms with van der Waals surface area (Å²) in [7, 11) is 0.643. The maximum atomic E-state index is 13.7. The number of aryl methyl sites for hydroxylation is 7. The van der Waals surface area contributed by atoms with Crippen LogP contribution in [0.3, 0.4) is 0 Å². The van der Waals surface area contributed by atoms with Crippen molar-refractivity contribution in [1.29, 1.82) is 0 Å². The Balaban J connectivity index is 0.000000163. The summed E-state index contributed by atoms with van der Waals surface area (Å²) in [5.74, 6) is 0.0192. The minimum atomic E-state index is -1.04. The zero-order valence-corrected chi connectivity index (χ0v) is 73.2. The molecule has 0 spiro atoms. The van der Waals surface area contributed by atoms with Crippen LogP contribution in [0.25, 0.3) is 66.1 Å². The van der Waals surface area contributed by atoms with Crippen LogP contribution >= 0.6 is 0 Å². The molecule has 2 saturated heterocycles. The molecule has 2 aliphatic carbocycles. The number of piperidine rings is 2. The van der Waals surface area contributed by atoms with Crippen molar-refractivity contribution < 1.29 is 91.2 Å². The quantitative estimate of drug-likeness (QED) is 0.00782. The number of ether oxygens (including phenoxy) is 6. The second-order valence-corrected chi connectivity index (χ2v) is 31.9. The van der Waals surface area contributed by atoms with Crippen molar-refractivity contribution in [3.8, 4) is 34.0 Å². The monoisotopic (exact) mass is 1780 g/mol. The SMILES string of the molecule is CCn1nc(C2CC2)cc1Cc1nc(OC=O)nc2[nH]c3cc(-c4c(C)noc4C)c(OC)cc3c12.CCn1nc(C2CC2)cc1Nc1nc(C(=O)CCCOCCOCCNc2cccc3c2C(=O)N(C2CCC(=O)NC2=O)C3=O)nc2[nH]c3cc(-c4c(C)noc4C)c(C)cc3c12.NCCOCCOCCNc1cccc2c1C(=O)N(C1CCC(=O)NC1=O)C2=O.[2H]CF. The van der Waals surface area contributed by atoms with Gasteiger partial charge in [-0.3, -0.25) is 77.5 Å². The highest BCUT2D eigenvalue weighted by atomic mass is 19.1. The molecule has 2 unspecified atom stereocenters. The van der Waals surface area contributed by atoms with Crippen LogP contribution in [0.4, 0.5) is 27.4 Å². The molecule has 4 fully saturated rings. The van der Waals surface area contributed by atoms with Crippen molar-refractivity contribution >= 4 is 126 Å². The number of carbonyl (C=O) groups is 10. The molecule has 12 aromatic rings. The zero-order chi connectivity index (χ0) is 92.4. The minimum absolute atomic E-state index is 0.00180. The number of aromatic nitrogens is 12. The number of hydrogen-bond donors (Lipinski definition) is 8. The molecular formula is C91H101FN20O18. The van der Waals surface area contributed by atoms with Gasteiger partial charge in [-0.25, -0.2) is 14.6 Å². The van der Waals surface area contributed by atoms with Gasteiger partial charge in [0.2, 0.25) is 23.6 Å². The van der Waals surface area contributed by atoms with E-state index in [1.807, 2.05) is 56.1 Å². The Morgan fingerprint density at radius 2 is 1.12 bits per heavy atom. The summed E-state index contributed by atoms with van der Waals surface area (Å²) < 4.78 is 63.3. The van der Waals surface area contributed by atoms with Gasteiger partial charge in [0, 0.05) is 138 Å². The van der Waals surface area contributed by atoms with Crippen molar-refractivity contribution in [2.45, 2.75) is 156 Å². The molecule has 0 bridgehead atoms. The Morgan fingerprint density at radius 1 is 0.600 bits per heavy atom. The molecule has 8 amide bonds. The molecule has 4 aliphatic heterocycles. The molecule has 39 heteroatoms. The Labute approximate surface area is 745 Å². The van der Waals surface area contributed by atoms with Gasteiger partial charge in [-0.2, -0.15) is 20.2 Å². The number of carbonyl (C=O) groups excluding carboxylic acids is 10. The van der Waals surface area contributed by atoms with Gasteiger partial charge in [-0.1, -0.05) is 22.4 Å². The van der Waals surface area contributed by atoms with Gasteiger partial charge in [-0.05, 0) is 159 Å². The number of imide groups is 4. The van der Waals surface area contributed by atoms with Gasteiger partial charge < -0.3 is 69.1 Å². The molecule has 9 N–H and O–H groups in total. The largest absolute Gasteiger partial charge is 0.496 e. The number of hydrogen-bond acceptors (Lipinski definition) is 30. The highest BCUT2D eigenvalue weighted by Gasteiger charge is 2.48. The Kier molecular flexibility index (Phi) is 27.7. The maximum absolute atomic E-state index is 13.7. The second-order valence-electron chi connectivity index (χ2n) is 31.9. The summed E-state index contributed by atoms with van der Waals surface area (Å²) in [4.78, 5) is 152. The van der Waals surface area contributed by atoms with Crippen LogP contribution in [0.1, 0.15) is 195 Å². The number of anilines is 4. The lowest BCUT2D eigenvalue weighted by molar-refractivity contribution is -0.137. The van der Waals surface area contributed by atoms with Crippen molar-refractivity contribution in [2.24, 2.45) is 5.73 Å². The minimum Gasteiger partial charge on any atom is -0.496 e. The number of nitrogens with zero attached hydrogens (tertiary/aromatic N) is 12. The highest BCUT2D eigenvalue weighted by Crippen LogP contribution is 2.45. The van der Waals surface area contributed by atoms with E-state index in [1.54, 1.807) is 43.5 Å². The molecule has 0 radical (unpaired) electrons. The van der Waals surface area contributed by atoms with E-state index in [-0.39, 0.29) is 78.6 Å². The molecule has 2 atom stereocenters. The van der Waals surface area contributed by atoms with Crippen molar-refractivity contribution in [1.82, 2.24) is 80.2 Å². The third-order valence-electron chi connectivity index (χ3n) is 23.3. The first-order valence-corrected chi connectivity index (χ1v) is 43.2. The smallest absolute Gasteiger partial charge is 0.326 e. The summed E-state index contributed by atoms with van der Waals surface area (Å²) in [6.07, 6.45) is 6.11. The van der Waals surface area contributed by atoms with Crippen LogP contribution in [0.15, 0.2) is 81.8 Å². The summed E-state index contributed by atoms with van der Waals surface area (Å²) in [5.41, 5.74) is 20.3. The van der Waals surface area contributed by atoms with E-state index in [1.165, 1.54) is 12.8 Å². The summed E-state index contributed by atoms with van der Waals surface area (Å²) in [6.45, 7) is 19.7. The van der Waals surface area contributed by atoms with Crippen LogP contribution in [0, 0.1) is 34.6 Å². The van der Waals surface area contributed by atoms with Gasteiger partial charge in [-0.15, -0.1) is 0 Å². The molecule has 8 aromatic heterocycles. The first-order valence-electron chi connectivity index (χ1n) is 43.9. The first kappa shape index (κ1) is 89.5. The fourth-order valence-corrected chi connectivity index (χ4v) is 16.8. The van der Waals surface area contributed by atoms with Crippen LogP contribution in [0.5, 0.6) is 11.8 Å². The van der Waals surface area contributed by atoms with E-state index in [4.69, 9.17) is 64.7 Å². The van der Waals surface area contributed by atoms with Crippen molar-refractivity contribution in [3.05, 3.63) is 152 Å². The lowest BCUT2D eigenvalue weighted by atomic mass is 9.97. The second kappa shape index (κ2) is 40.2. The maximum Gasteiger partial charge on any atom is 0.326 e. The number of methoxy groups -OCH3 is 1. The van der Waals surface area contributed by atoms with Crippen molar-refractivity contribution in [2.75, 3.05) is 103 Å². The molecule has 4 aromatic carbocycles. The average Bonchev–Trinajstić information content (AvgIpc) is 1.60. The number of ketones is 1. The number of H-pyrrole nitrogens is 2. The summed E-state index contributed by atoms with van der Waals surface area (Å²) >= 11 is 0. The molecule has 38 nitrogen and oxygen atoms in total. The molecule has 18 rings (SSSR count). The Bertz CT molecular complexity index is 6360. The summed E-state index contributed by atoms with van der Waals surface area (Å²) in [5, 5.41) is 35.5. The lowest BCUT2D eigenvalue weighted by Crippen LogP contribution is -2.54. The molecule has 12 heterocycles. The number of halogens is 1. The fraction of sp³-hybridized carbons (Fsp3) is 0.407. The number of fused-ring (bicyclic) bond motifs is 8. The number of aromatic amines is 2. The van der Waals surface area contributed by atoms with E-state index in [2.05, 4.69) is 94.9 Å². The molecule has 2 saturated carbocycles. The first-order chi connectivity index (χ1) is 63.5. The number of rotatable bonds is 36. The van der Waals surface area contributed by atoms with Crippen LogP contribution in [0.2, 0.25) is 0 Å². The predicted octanol–water partition coefficient (Wildman–Crippen LogP) is 10.7. The number of benzene rings is 4. The third kappa shape index (κ3) is 19.1. The highest BCUT2D eigenvalue weighted by molar-refractivity contribution is 6.27. The average molecular weight is 1780 g/mol. The Hall–Kier alpha value is -13.9. The van der Waals surface area contributed by atoms with E-state index in [9.17, 15) is 52.3 Å². The van der Waals surface area contributed by atoms with E-state index >= 15 is 0 Å². The number of amides is 8. The topological polar surface area (TPSA) is 490 Å². The van der Waals surface area contributed by atoms with E-state index in [0.717, 1.165) is 135 Å². The van der Waals surface area contributed by atoms with Crippen LogP contribution < -0.4 is 41.8 Å². The number of nitrogens with two attached hydrogens (primary N) is 1. The molecular weight excluding hydrogens is 1680 g/mol. The van der Waals surface area contributed by atoms with Gasteiger partial charge in [0.15, 0.2) is 11.6 Å². The number of Topliss-reactive ketones (excluding diaryl/α,β-unsaturated/α-hetero) is 1. The zero-order valence-electron chi connectivity index (χ0n) is 74.2. The number of nitrogens with one attached hydrogen (secondary N) is 7. The third-order valence-corrected chi connectivity index (χ3v) is 23.3. The molecule has 6 aliphatic rings. The van der Waals surface area contributed by atoms with Crippen LogP contribution in [-0.2, 0) is 62.4 Å². The Morgan fingerprint density at radius 3 is 1.65 bits per heavy atom.